The first-order valence-corrected chi connectivity index (χ1v) is 8.26. The van der Waals surface area contributed by atoms with Gasteiger partial charge in [0.2, 0.25) is 0 Å². The lowest BCUT2D eigenvalue weighted by Gasteiger charge is -2.15. The molecule has 0 amide bonds. The van der Waals surface area contributed by atoms with Gasteiger partial charge in [0.1, 0.15) is 12.4 Å². The lowest BCUT2D eigenvalue weighted by molar-refractivity contribution is 0.298. The molecule has 3 rings (SSSR count). The normalized spacial score (nSPS) is 11.0. The van der Waals surface area contributed by atoms with Gasteiger partial charge in [-0.2, -0.15) is 0 Å². The number of hydrogen-bond acceptors (Lipinski definition) is 2. The highest BCUT2D eigenvalue weighted by atomic mass is 16.5. The second-order valence-electron chi connectivity index (χ2n) is 6.46. The zero-order chi connectivity index (χ0) is 17.3. The van der Waals surface area contributed by atoms with Crippen LogP contribution in [-0.4, -0.2) is 11.2 Å². The summed E-state index contributed by atoms with van der Waals surface area (Å²) in [7, 11) is 0. The molecule has 0 aliphatic carbocycles. The largest absolute Gasteiger partial charge is 0.492 e. The number of aromatic nitrogens is 1. The van der Waals surface area contributed by atoms with Gasteiger partial charge >= 0.3 is 0 Å². The van der Waals surface area contributed by atoms with Crippen molar-refractivity contribution in [2.45, 2.75) is 34.2 Å². The van der Waals surface area contributed by atoms with E-state index in [1.54, 1.807) is 6.07 Å². The van der Waals surface area contributed by atoms with E-state index >= 15 is 0 Å². The van der Waals surface area contributed by atoms with E-state index in [0.717, 1.165) is 27.8 Å². The second-order valence-corrected chi connectivity index (χ2v) is 6.46. The first-order valence-electron chi connectivity index (χ1n) is 8.26. The van der Waals surface area contributed by atoms with Gasteiger partial charge < -0.3 is 9.30 Å². The molecule has 1 heterocycles. The molecule has 0 spiro atoms. The molecular weight excluding hydrogens is 298 g/mol. The van der Waals surface area contributed by atoms with Crippen LogP contribution in [0.15, 0.2) is 47.3 Å². The van der Waals surface area contributed by atoms with Crippen molar-refractivity contribution >= 4 is 10.9 Å². The van der Waals surface area contributed by atoms with E-state index in [1.807, 2.05) is 42.7 Å². The maximum absolute atomic E-state index is 12.5. The maximum Gasteiger partial charge on any atom is 0.251 e. The molecule has 3 heteroatoms. The number of pyridine rings is 1. The van der Waals surface area contributed by atoms with E-state index < -0.39 is 0 Å². The zero-order valence-electron chi connectivity index (χ0n) is 14.7. The number of rotatable bonds is 4. The van der Waals surface area contributed by atoms with Crippen LogP contribution in [-0.2, 0) is 6.54 Å². The third kappa shape index (κ3) is 3.21. The minimum atomic E-state index is 0.0262. The summed E-state index contributed by atoms with van der Waals surface area (Å²) >= 11 is 0. The maximum atomic E-state index is 12.5. The van der Waals surface area contributed by atoms with Gasteiger partial charge in [-0.15, -0.1) is 0 Å². The van der Waals surface area contributed by atoms with Crippen molar-refractivity contribution in [2.75, 3.05) is 6.61 Å². The Kier molecular flexibility index (Phi) is 4.43. The number of aryl methyl sites for hydroxylation is 4. The van der Waals surface area contributed by atoms with Gasteiger partial charge in [-0.1, -0.05) is 24.3 Å². The molecule has 0 N–H and O–H groups in total. The average Bonchev–Trinajstić information content (AvgIpc) is 2.50. The SMILES string of the molecule is Cc1cc(C)cc(OCCn2c(=O)cc(C)c3cccc(C)c32)c1. The molecule has 2 aromatic carbocycles. The Hall–Kier alpha value is -2.55. The first kappa shape index (κ1) is 16.3. The molecule has 0 aliphatic rings. The first-order chi connectivity index (χ1) is 11.5. The van der Waals surface area contributed by atoms with Crippen LogP contribution in [0.25, 0.3) is 10.9 Å². The van der Waals surface area contributed by atoms with Crippen LogP contribution in [0.1, 0.15) is 22.3 Å². The van der Waals surface area contributed by atoms with Crippen molar-refractivity contribution in [1.82, 2.24) is 4.57 Å². The molecular formula is C21H23NO2. The summed E-state index contributed by atoms with van der Waals surface area (Å²) in [5.74, 6) is 0.855. The summed E-state index contributed by atoms with van der Waals surface area (Å²) in [5.41, 5.74) is 5.52. The molecule has 1 aromatic heterocycles. The molecule has 3 nitrogen and oxygen atoms in total. The van der Waals surface area contributed by atoms with Gasteiger partial charge in [0, 0.05) is 11.5 Å². The molecule has 0 saturated carbocycles. The zero-order valence-corrected chi connectivity index (χ0v) is 14.7. The fraction of sp³-hybridized carbons (Fsp3) is 0.286. The van der Waals surface area contributed by atoms with Crippen molar-refractivity contribution in [3.8, 4) is 5.75 Å². The molecule has 0 fully saturated rings. The lowest BCUT2D eigenvalue weighted by Crippen LogP contribution is -2.24. The molecule has 0 saturated heterocycles. The number of hydrogen-bond donors (Lipinski definition) is 0. The topological polar surface area (TPSA) is 31.2 Å². The molecule has 0 aliphatic heterocycles. The molecule has 24 heavy (non-hydrogen) atoms. The smallest absolute Gasteiger partial charge is 0.251 e. The molecule has 0 radical (unpaired) electrons. The standard InChI is InChI=1S/C21H23NO2/c1-14-10-15(2)12-18(11-14)24-9-8-22-20(23)13-17(4)19-7-5-6-16(3)21(19)22/h5-7,10-13H,8-9H2,1-4H3. The number of benzene rings is 2. The Morgan fingerprint density at radius 1 is 0.917 bits per heavy atom. The summed E-state index contributed by atoms with van der Waals surface area (Å²) in [6.07, 6.45) is 0. The van der Waals surface area contributed by atoms with Crippen LogP contribution in [0.2, 0.25) is 0 Å². The summed E-state index contributed by atoms with van der Waals surface area (Å²) in [4.78, 5) is 12.5. The highest BCUT2D eigenvalue weighted by molar-refractivity contribution is 5.85. The van der Waals surface area contributed by atoms with Crippen LogP contribution < -0.4 is 10.3 Å². The Morgan fingerprint density at radius 3 is 2.33 bits per heavy atom. The number of ether oxygens (including phenoxy) is 1. The fourth-order valence-electron chi connectivity index (χ4n) is 3.28. The second kappa shape index (κ2) is 6.52. The van der Waals surface area contributed by atoms with Crippen molar-refractivity contribution in [1.29, 1.82) is 0 Å². The quantitative estimate of drug-likeness (QED) is 0.717. The van der Waals surface area contributed by atoms with Gasteiger partial charge in [-0.25, -0.2) is 0 Å². The molecule has 0 unspecified atom stereocenters. The van der Waals surface area contributed by atoms with E-state index in [4.69, 9.17) is 4.74 Å². The minimum absolute atomic E-state index is 0.0262. The van der Waals surface area contributed by atoms with Crippen LogP contribution >= 0.6 is 0 Å². The van der Waals surface area contributed by atoms with Crippen molar-refractivity contribution in [3.05, 3.63) is 75.1 Å². The van der Waals surface area contributed by atoms with E-state index in [2.05, 4.69) is 26.0 Å². The van der Waals surface area contributed by atoms with E-state index in [-0.39, 0.29) is 5.56 Å². The molecule has 3 aromatic rings. The van der Waals surface area contributed by atoms with Crippen LogP contribution in [0, 0.1) is 27.7 Å². The van der Waals surface area contributed by atoms with Crippen LogP contribution in [0.4, 0.5) is 0 Å². The summed E-state index contributed by atoms with van der Waals surface area (Å²) in [6.45, 7) is 9.15. The molecule has 124 valence electrons. The Bertz CT molecular complexity index is 934. The van der Waals surface area contributed by atoms with Gasteiger partial charge in [0.25, 0.3) is 5.56 Å². The van der Waals surface area contributed by atoms with Crippen molar-refractivity contribution in [2.24, 2.45) is 0 Å². The lowest BCUT2D eigenvalue weighted by atomic mass is 10.1. The van der Waals surface area contributed by atoms with E-state index in [0.29, 0.717) is 13.2 Å². The third-order valence-electron chi connectivity index (χ3n) is 4.32. The third-order valence-corrected chi connectivity index (χ3v) is 4.32. The van der Waals surface area contributed by atoms with Crippen molar-refractivity contribution in [3.63, 3.8) is 0 Å². The fourth-order valence-corrected chi connectivity index (χ4v) is 3.28. The highest BCUT2D eigenvalue weighted by Gasteiger charge is 2.09. The Morgan fingerprint density at radius 2 is 1.62 bits per heavy atom. The summed E-state index contributed by atoms with van der Waals surface area (Å²) in [6, 6.07) is 14.0. The van der Waals surface area contributed by atoms with Gasteiger partial charge in [0.05, 0.1) is 12.1 Å². The minimum Gasteiger partial charge on any atom is -0.492 e. The summed E-state index contributed by atoms with van der Waals surface area (Å²) < 4.78 is 7.71. The Labute approximate surface area is 142 Å². The number of nitrogens with zero attached hydrogens (tertiary/aromatic N) is 1. The number of para-hydroxylation sites is 1. The van der Waals surface area contributed by atoms with Gasteiger partial charge in [0.15, 0.2) is 0 Å². The molecule has 0 bridgehead atoms. The van der Waals surface area contributed by atoms with Gasteiger partial charge in [-0.05, 0) is 62.1 Å². The monoisotopic (exact) mass is 321 g/mol. The molecule has 0 atom stereocenters. The predicted molar refractivity (Wildman–Crippen MR) is 99.1 cm³/mol. The van der Waals surface area contributed by atoms with Crippen LogP contribution in [0.3, 0.4) is 0 Å². The van der Waals surface area contributed by atoms with Crippen LogP contribution in [0.5, 0.6) is 5.75 Å². The van der Waals surface area contributed by atoms with E-state index in [1.165, 1.54) is 11.1 Å². The predicted octanol–water partition coefficient (Wildman–Crippen LogP) is 4.31. The summed E-state index contributed by atoms with van der Waals surface area (Å²) in [5, 5.41) is 1.13. The number of fused-ring (bicyclic) bond motifs is 1. The van der Waals surface area contributed by atoms with Gasteiger partial charge in [-0.3, -0.25) is 4.79 Å². The van der Waals surface area contributed by atoms with Crippen molar-refractivity contribution < 1.29 is 4.74 Å². The van der Waals surface area contributed by atoms with E-state index in [9.17, 15) is 4.79 Å². The average molecular weight is 321 g/mol. The Balaban J connectivity index is 1.89. The highest BCUT2D eigenvalue weighted by Crippen LogP contribution is 2.20.